The third kappa shape index (κ3) is 16.8. The lowest BCUT2D eigenvalue weighted by Gasteiger charge is -2.30. The summed E-state index contributed by atoms with van der Waals surface area (Å²) in [5.41, 5.74) is 3.32. The number of nitrogens with zero attached hydrogens (tertiary/aromatic N) is 5. The van der Waals surface area contributed by atoms with Crippen molar-refractivity contribution in [2.24, 2.45) is 0 Å². The summed E-state index contributed by atoms with van der Waals surface area (Å²) >= 11 is 5.94. The second kappa shape index (κ2) is 28.4. The van der Waals surface area contributed by atoms with Crippen LogP contribution < -0.4 is 34.5 Å². The number of fused-ring (bicyclic) bond motifs is 2. The summed E-state index contributed by atoms with van der Waals surface area (Å²) in [4.78, 5) is 30.8. The molecule has 7 rings (SSSR count). The quantitative estimate of drug-likeness (QED) is 0.0315. The van der Waals surface area contributed by atoms with E-state index in [1.165, 1.54) is 40.1 Å². The number of benzene rings is 4. The lowest BCUT2D eigenvalue weighted by atomic mass is 10.0. The molecule has 1 saturated heterocycles. The zero-order chi connectivity index (χ0) is 55.7. The number of anilines is 3. The van der Waals surface area contributed by atoms with Crippen LogP contribution in [0.2, 0.25) is 0 Å². The Kier molecular flexibility index (Phi) is 21.6. The summed E-state index contributed by atoms with van der Waals surface area (Å²) in [6, 6.07) is 24.0. The predicted molar refractivity (Wildman–Crippen MR) is 292 cm³/mol. The van der Waals surface area contributed by atoms with Crippen LogP contribution in [0.5, 0.6) is 23.0 Å². The summed E-state index contributed by atoms with van der Waals surface area (Å²) in [5.74, 6) is 7.04. The number of hydrogen-bond donors (Lipinski definition) is 2. The van der Waals surface area contributed by atoms with Gasteiger partial charge in [0, 0.05) is 62.1 Å². The minimum Gasteiger partial charge on any atom is -0.495 e. The highest BCUT2D eigenvalue weighted by molar-refractivity contribution is 7.89. The largest absolute Gasteiger partial charge is 0.495 e. The Labute approximate surface area is 458 Å². The van der Waals surface area contributed by atoms with Crippen LogP contribution in [0.25, 0.3) is 10.9 Å². The Balaban J connectivity index is 0.762. The fraction of sp³-hybridized carbons (Fsp3) is 0.455. The molecule has 78 heavy (non-hydrogen) atoms. The Hall–Kier alpha value is -6.45. The van der Waals surface area contributed by atoms with Crippen LogP contribution in [0.3, 0.4) is 0 Å². The number of rotatable bonds is 27. The van der Waals surface area contributed by atoms with Crippen molar-refractivity contribution in [3.63, 3.8) is 0 Å². The van der Waals surface area contributed by atoms with Crippen molar-refractivity contribution in [1.29, 1.82) is 0 Å². The second-order valence-corrected chi connectivity index (χ2v) is 20.9. The number of likely N-dealkylation sites (tertiary alicyclic amines) is 1. The summed E-state index contributed by atoms with van der Waals surface area (Å²) in [6.45, 7) is 3.52. The number of amides is 2. The Morgan fingerprint density at radius 1 is 0.833 bits per heavy atom. The van der Waals surface area contributed by atoms with Crippen LogP contribution in [0.4, 0.5) is 30.2 Å². The average molecular weight is 1130 g/mol. The normalized spacial score (nSPS) is 14.0. The molecule has 18 nitrogen and oxygen atoms in total. The van der Waals surface area contributed by atoms with Gasteiger partial charge < -0.3 is 63.1 Å². The average Bonchev–Trinajstić information content (AvgIpc) is 3.86. The van der Waals surface area contributed by atoms with Gasteiger partial charge in [-0.1, -0.05) is 24.1 Å². The van der Waals surface area contributed by atoms with Crippen molar-refractivity contribution in [3.8, 4) is 34.8 Å². The lowest BCUT2D eigenvalue weighted by molar-refractivity contribution is -0.140. The van der Waals surface area contributed by atoms with E-state index in [0.29, 0.717) is 59.3 Å². The number of hydrogen-bond acceptors (Lipinski definition) is 14. The zero-order valence-corrected chi connectivity index (χ0v) is 45.8. The SMILES string of the molecule is COc1cc(S(=O)(=O)N(C)CCOCCOCCOCCN(C)C(=O)COc2ccc(CN(C(=O)CCl)c3ccc4c(c3)OCCO4)cc2)ccc1NCC#Cc1cc2c(NC3CCN(C)CC3)cccc2n1CC(F)(F)F. The number of nitrogens with one attached hydrogen (secondary N) is 2. The molecule has 1 aromatic heterocycles. The lowest BCUT2D eigenvalue weighted by Crippen LogP contribution is -2.36. The van der Waals surface area contributed by atoms with Gasteiger partial charge >= 0.3 is 6.18 Å². The molecule has 2 amide bonds. The topological polar surface area (TPSA) is 175 Å². The van der Waals surface area contributed by atoms with Crippen LogP contribution in [-0.2, 0) is 46.9 Å². The molecule has 0 unspecified atom stereocenters. The van der Waals surface area contributed by atoms with Crippen LogP contribution in [0, 0.1) is 11.8 Å². The smallest absolute Gasteiger partial charge is 0.406 e. The molecular weight excluding hydrogens is 1060 g/mol. The molecule has 23 heteroatoms. The number of ether oxygens (including phenoxy) is 7. The first-order valence-corrected chi connectivity index (χ1v) is 27.5. The van der Waals surface area contributed by atoms with Crippen molar-refractivity contribution >= 4 is 61.4 Å². The fourth-order valence-electron chi connectivity index (χ4n) is 8.57. The molecule has 3 heterocycles. The predicted octanol–water partition coefficient (Wildman–Crippen LogP) is 6.93. The van der Waals surface area contributed by atoms with Gasteiger partial charge in [0.1, 0.15) is 37.1 Å². The molecule has 2 aliphatic rings. The number of aromatic nitrogens is 1. The molecule has 2 N–H and O–H groups in total. The summed E-state index contributed by atoms with van der Waals surface area (Å²) < 4.78 is 110. The van der Waals surface area contributed by atoms with E-state index >= 15 is 0 Å². The third-order valence-corrected chi connectivity index (χ3v) is 15.1. The molecule has 0 radical (unpaired) electrons. The summed E-state index contributed by atoms with van der Waals surface area (Å²) in [5, 5.41) is 7.30. The third-order valence-electron chi connectivity index (χ3n) is 13.0. The molecule has 0 saturated carbocycles. The van der Waals surface area contributed by atoms with Gasteiger partial charge in [0.2, 0.25) is 15.9 Å². The van der Waals surface area contributed by atoms with E-state index in [9.17, 15) is 31.2 Å². The number of methoxy groups -OCH3 is 1. The van der Waals surface area contributed by atoms with E-state index in [1.54, 1.807) is 66.5 Å². The van der Waals surface area contributed by atoms with Gasteiger partial charge in [-0.05, 0) is 99.1 Å². The zero-order valence-electron chi connectivity index (χ0n) is 44.2. The van der Waals surface area contributed by atoms with Gasteiger partial charge in [-0.3, -0.25) is 9.59 Å². The maximum Gasteiger partial charge on any atom is 0.406 e. The van der Waals surface area contributed by atoms with Crippen LogP contribution >= 0.6 is 11.6 Å². The van der Waals surface area contributed by atoms with Gasteiger partial charge in [0.25, 0.3) is 5.91 Å². The molecule has 422 valence electrons. The highest BCUT2D eigenvalue weighted by Crippen LogP contribution is 2.36. The Bertz CT molecular complexity index is 2970. The first-order valence-electron chi connectivity index (χ1n) is 25.5. The molecule has 0 aliphatic carbocycles. The van der Waals surface area contributed by atoms with E-state index < -0.39 is 22.7 Å². The standard InChI is InChI=1S/C55H67ClF3N7O11S/c1-62-21-18-41(19-22-62)61-47-8-5-9-49-46(47)33-42(66(49)39-55(57,58)59)7-6-20-60-48-16-15-45(35-51(48)71-4)78(69,70)64(3)24-26-73-28-30-74-29-27-72-25-23-63(2)54(68)38-77-44-13-10-40(11-14-44)37-65(53(67)36-56)43-12-17-50-52(34-43)76-32-31-75-50/h5,8-17,33-35,41,60-61H,18-32,36-39H2,1-4H3. The molecule has 0 bridgehead atoms. The molecule has 5 aromatic rings. The number of alkyl halides is 4. The molecular formula is C55H67ClF3N7O11S. The van der Waals surface area contributed by atoms with E-state index in [0.717, 1.165) is 37.2 Å². The van der Waals surface area contributed by atoms with Crippen LogP contribution in [-0.4, -0.2) is 177 Å². The van der Waals surface area contributed by atoms with Crippen LogP contribution in [0.1, 0.15) is 24.1 Å². The molecule has 0 atom stereocenters. The number of carbonyl (C=O) groups excluding carboxylic acids is 2. The van der Waals surface area contributed by atoms with Crippen molar-refractivity contribution in [1.82, 2.24) is 18.7 Å². The van der Waals surface area contributed by atoms with Crippen molar-refractivity contribution in [3.05, 3.63) is 96.2 Å². The van der Waals surface area contributed by atoms with E-state index in [1.807, 2.05) is 18.2 Å². The fourth-order valence-corrected chi connectivity index (χ4v) is 9.89. The highest BCUT2D eigenvalue weighted by atomic mass is 35.5. The molecule has 4 aromatic carbocycles. The maximum absolute atomic E-state index is 13.8. The Morgan fingerprint density at radius 2 is 1.53 bits per heavy atom. The highest BCUT2D eigenvalue weighted by Gasteiger charge is 2.30. The van der Waals surface area contributed by atoms with Gasteiger partial charge in [-0.15, -0.1) is 11.6 Å². The minimum atomic E-state index is -4.47. The molecule has 1 fully saturated rings. The summed E-state index contributed by atoms with van der Waals surface area (Å²) in [6.07, 6.45) is -2.61. The molecule has 2 aliphatic heterocycles. The van der Waals surface area contributed by atoms with Gasteiger partial charge in [-0.25, -0.2) is 8.42 Å². The monoisotopic (exact) mass is 1130 g/mol. The van der Waals surface area contributed by atoms with E-state index in [4.69, 9.17) is 44.8 Å². The first kappa shape index (κ1) is 59.2. The van der Waals surface area contributed by atoms with Gasteiger partial charge in [0.05, 0.1) is 81.6 Å². The van der Waals surface area contributed by atoms with Crippen LogP contribution in [0.15, 0.2) is 89.8 Å². The first-order chi connectivity index (χ1) is 37.5. The number of carbonyl (C=O) groups is 2. The number of halogens is 4. The number of likely N-dealkylation sites (N-methyl/N-ethyl adjacent to an activating group) is 2. The van der Waals surface area contributed by atoms with Crippen molar-refractivity contribution in [2.45, 2.75) is 43.0 Å². The van der Waals surface area contributed by atoms with Crippen molar-refractivity contribution in [2.75, 3.05) is 142 Å². The van der Waals surface area contributed by atoms with Gasteiger partial charge in [-0.2, -0.15) is 17.5 Å². The summed E-state index contributed by atoms with van der Waals surface area (Å²) in [7, 11) is 2.63. The Morgan fingerprint density at radius 3 is 2.22 bits per heavy atom. The van der Waals surface area contributed by atoms with E-state index in [-0.39, 0.29) is 106 Å². The van der Waals surface area contributed by atoms with Gasteiger partial charge in [0.15, 0.2) is 18.1 Å². The second-order valence-electron chi connectivity index (χ2n) is 18.6. The maximum atomic E-state index is 13.8. The van der Waals surface area contributed by atoms with E-state index in [2.05, 4.69) is 34.4 Å². The minimum absolute atomic E-state index is 0.00761. The molecule has 0 spiro atoms. The number of sulfonamides is 1. The number of piperidine rings is 1. The van der Waals surface area contributed by atoms with Crippen molar-refractivity contribution < 1.29 is 64.3 Å².